The van der Waals surface area contributed by atoms with Crippen molar-refractivity contribution in [3.63, 3.8) is 0 Å². The first-order chi connectivity index (χ1) is 11.7. The lowest BCUT2D eigenvalue weighted by atomic mass is 10.1. The number of hydrogen-bond donors (Lipinski definition) is 0. The molecular weight excluding hydrogens is 320 g/mol. The second kappa shape index (κ2) is 6.43. The van der Waals surface area contributed by atoms with Crippen molar-refractivity contribution >= 4 is 21.6 Å². The van der Waals surface area contributed by atoms with Crippen LogP contribution in [0.3, 0.4) is 0 Å². The van der Waals surface area contributed by atoms with E-state index < -0.39 is 0 Å². The van der Waals surface area contributed by atoms with Gasteiger partial charge in [-0.2, -0.15) is 0 Å². The molecule has 0 amide bonds. The van der Waals surface area contributed by atoms with Crippen molar-refractivity contribution in [3.8, 4) is 0 Å². The standard InChI is InChI=1S/C18H20N4OS/c1-12(9-13-10-19-7-8-20-13)22-11-21-17-16(18(22)23)14-5-3-2-4-6-15(14)24-17/h7-8,10-12H,2-6,9H2,1H3. The molecule has 0 aromatic carbocycles. The first kappa shape index (κ1) is 15.4. The van der Waals surface area contributed by atoms with Crippen LogP contribution in [0.2, 0.25) is 0 Å². The molecule has 6 heteroatoms. The van der Waals surface area contributed by atoms with Gasteiger partial charge in [-0.15, -0.1) is 11.3 Å². The lowest BCUT2D eigenvalue weighted by Crippen LogP contribution is -2.25. The van der Waals surface area contributed by atoms with E-state index in [0.717, 1.165) is 28.8 Å². The van der Waals surface area contributed by atoms with E-state index in [4.69, 9.17) is 0 Å². The third-order valence-corrected chi connectivity index (χ3v) is 5.95. The van der Waals surface area contributed by atoms with E-state index in [1.54, 1.807) is 40.8 Å². The van der Waals surface area contributed by atoms with Gasteiger partial charge in [-0.3, -0.25) is 19.3 Å². The Morgan fingerprint density at radius 3 is 2.92 bits per heavy atom. The molecule has 4 rings (SSSR count). The van der Waals surface area contributed by atoms with E-state index in [1.165, 1.54) is 29.7 Å². The van der Waals surface area contributed by atoms with E-state index in [9.17, 15) is 4.79 Å². The number of thiophene rings is 1. The fraction of sp³-hybridized carbons (Fsp3) is 0.444. The Balaban J connectivity index is 1.75. The highest BCUT2D eigenvalue weighted by Gasteiger charge is 2.20. The summed E-state index contributed by atoms with van der Waals surface area (Å²) in [5, 5.41) is 0.852. The average Bonchev–Trinajstić information content (AvgIpc) is 2.79. The van der Waals surface area contributed by atoms with Crippen LogP contribution in [0.15, 0.2) is 29.7 Å². The van der Waals surface area contributed by atoms with E-state index in [2.05, 4.69) is 15.0 Å². The van der Waals surface area contributed by atoms with Gasteiger partial charge in [0.1, 0.15) is 4.83 Å². The number of nitrogens with zero attached hydrogens (tertiary/aromatic N) is 4. The van der Waals surface area contributed by atoms with Gasteiger partial charge in [0, 0.05) is 35.9 Å². The van der Waals surface area contributed by atoms with Crippen molar-refractivity contribution in [2.24, 2.45) is 0 Å². The smallest absolute Gasteiger partial charge is 0.262 e. The van der Waals surface area contributed by atoms with Gasteiger partial charge in [0.05, 0.1) is 17.4 Å². The molecule has 5 nitrogen and oxygen atoms in total. The summed E-state index contributed by atoms with van der Waals surface area (Å²) in [6, 6.07) is 0.00688. The summed E-state index contributed by atoms with van der Waals surface area (Å²) in [6.07, 6.45) is 13.2. The van der Waals surface area contributed by atoms with E-state index in [1.807, 2.05) is 6.92 Å². The fourth-order valence-electron chi connectivity index (χ4n) is 3.49. The highest BCUT2D eigenvalue weighted by molar-refractivity contribution is 7.18. The molecule has 3 heterocycles. The predicted molar refractivity (Wildman–Crippen MR) is 95.6 cm³/mol. The van der Waals surface area contributed by atoms with Crippen molar-refractivity contribution in [2.45, 2.75) is 51.5 Å². The molecule has 0 aliphatic heterocycles. The zero-order valence-corrected chi connectivity index (χ0v) is 14.6. The third kappa shape index (κ3) is 2.75. The maximum absolute atomic E-state index is 13.1. The lowest BCUT2D eigenvalue weighted by Gasteiger charge is -2.14. The molecule has 0 fully saturated rings. The highest BCUT2D eigenvalue weighted by atomic mass is 32.1. The number of aromatic nitrogens is 4. The van der Waals surface area contributed by atoms with Crippen LogP contribution in [-0.2, 0) is 19.3 Å². The SMILES string of the molecule is CC(Cc1cnccn1)n1cnc2sc3c(c2c1=O)CCCCC3. The minimum Gasteiger partial charge on any atom is -0.295 e. The van der Waals surface area contributed by atoms with Gasteiger partial charge >= 0.3 is 0 Å². The second-order valence-corrected chi connectivity index (χ2v) is 7.54. The summed E-state index contributed by atoms with van der Waals surface area (Å²) in [5.41, 5.74) is 2.24. The van der Waals surface area contributed by atoms with Crippen molar-refractivity contribution in [3.05, 3.63) is 51.4 Å². The lowest BCUT2D eigenvalue weighted by molar-refractivity contribution is 0.517. The Kier molecular flexibility index (Phi) is 4.14. The van der Waals surface area contributed by atoms with Crippen molar-refractivity contribution in [1.29, 1.82) is 0 Å². The summed E-state index contributed by atoms with van der Waals surface area (Å²) >= 11 is 1.70. The van der Waals surface area contributed by atoms with Crippen LogP contribution in [0, 0.1) is 0 Å². The Labute approximate surface area is 144 Å². The highest BCUT2D eigenvalue weighted by Crippen LogP contribution is 2.32. The van der Waals surface area contributed by atoms with Gasteiger partial charge in [-0.1, -0.05) is 6.42 Å². The molecule has 1 aliphatic carbocycles. The molecule has 3 aromatic heterocycles. The number of fused-ring (bicyclic) bond motifs is 3. The normalized spacial score (nSPS) is 15.9. The molecule has 24 heavy (non-hydrogen) atoms. The maximum atomic E-state index is 13.1. The van der Waals surface area contributed by atoms with Crippen molar-refractivity contribution in [2.75, 3.05) is 0 Å². The molecule has 0 bridgehead atoms. The molecule has 1 atom stereocenters. The third-order valence-electron chi connectivity index (χ3n) is 4.75. The van der Waals surface area contributed by atoms with Gasteiger partial charge in [0.15, 0.2) is 0 Å². The van der Waals surface area contributed by atoms with Gasteiger partial charge in [0.2, 0.25) is 0 Å². The molecule has 0 saturated heterocycles. The molecule has 0 saturated carbocycles. The molecule has 0 radical (unpaired) electrons. The minimum absolute atomic E-state index is 0.00688. The van der Waals surface area contributed by atoms with Crippen LogP contribution < -0.4 is 5.56 Å². The van der Waals surface area contributed by atoms with Crippen LogP contribution in [-0.4, -0.2) is 19.5 Å². The molecule has 0 spiro atoms. The molecule has 0 N–H and O–H groups in total. The molecule has 124 valence electrons. The van der Waals surface area contributed by atoms with E-state index in [0.29, 0.717) is 6.42 Å². The number of aryl methyl sites for hydroxylation is 2. The predicted octanol–water partition coefficient (Wildman–Crippen LogP) is 3.32. The van der Waals surface area contributed by atoms with Crippen LogP contribution in [0.25, 0.3) is 10.2 Å². The zero-order chi connectivity index (χ0) is 16.5. The Bertz CT molecular complexity index is 916. The van der Waals surface area contributed by atoms with Gasteiger partial charge in [-0.05, 0) is 38.2 Å². The summed E-state index contributed by atoms with van der Waals surface area (Å²) in [4.78, 5) is 28.4. The Hall–Kier alpha value is -2.08. The summed E-state index contributed by atoms with van der Waals surface area (Å²) in [6.45, 7) is 2.04. The van der Waals surface area contributed by atoms with Crippen LogP contribution in [0.4, 0.5) is 0 Å². The monoisotopic (exact) mass is 340 g/mol. The number of hydrogen-bond acceptors (Lipinski definition) is 5. The second-order valence-electron chi connectivity index (χ2n) is 6.45. The topological polar surface area (TPSA) is 60.7 Å². The maximum Gasteiger partial charge on any atom is 0.262 e. The first-order valence-electron chi connectivity index (χ1n) is 8.50. The summed E-state index contributed by atoms with van der Waals surface area (Å²) < 4.78 is 1.76. The van der Waals surface area contributed by atoms with E-state index >= 15 is 0 Å². The minimum atomic E-state index is 0.00688. The average molecular weight is 340 g/mol. The largest absolute Gasteiger partial charge is 0.295 e. The molecule has 1 unspecified atom stereocenters. The molecule has 1 aliphatic rings. The van der Waals surface area contributed by atoms with Crippen LogP contribution in [0.5, 0.6) is 0 Å². The quantitative estimate of drug-likeness (QED) is 0.686. The summed E-state index contributed by atoms with van der Waals surface area (Å²) in [5.74, 6) is 0. The van der Waals surface area contributed by atoms with Crippen molar-refractivity contribution in [1.82, 2.24) is 19.5 Å². The zero-order valence-electron chi connectivity index (χ0n) is 13.7. The molecular formula is C18H20N4OS. The van der Waals surface area contributed by atoms with Crippen LogP contribution in [0.1, 0.15) is 48.4 Å². The Morgan fingerprint density at radius 1 is 1.21 bits per heavy atom. The fourth-order valence-corrected chi connectivity index (χ4v) is 4.71. The molecule has 3 aromatic rings. The Morgan fingerprint density at radius 2 is 2.08 bits per heavy atom. The van der Waals surface area contributed by atoms with E-state index in [-0.39, 0.29) is 11.6 Å². The van der Waals surface area contributed by atoms with Gasteiger partial charge in [0.25, 0.3) is 5.56 Å². The first-order valence-corrected chi connectivity index (χ1v) is 9.32. The van der Waals surface area contributed by atoms with Gasteiger partial charge in [-0.25, -0.2) is 4.98 Å². The van der Waals surface area contributed by atoms with Crippen LogP contribution >= 0.6 is 11.3 Å². The number of rotatable bonds is 3. The van der Waals surface area contributed by atoms with Crippen molar-refractivity contribution < 1.29 is 0 Å². The van der Waals surface area contributed by atoms with Gasteiger partial charge < -0.3 is 0 Å². The summed E-state index contributed by atoms with van der Waals surface area (Å²) in [7, 11) is 0.